The van der Waals surface area contributed by atoms with E-state index in [1.165, 1.54) is 0 Å². The lowest BCUT2D eigenvalue weighted by Gasteiger charge is -2.21. The number of esters is 1. The second-order valence-corrected chi connectivity index (χ2v) is 9.46. The fourth-order valence-electron chi connectivity index (χ4n) is 3.55. The fourth-order valence-corrected chi connectivity index (χ4v) is 3.55. The average Bonchev–Trinajstić information content (AvgIpc) is 3.12. The first-order chi connectivity index (χ1) is 16.1. The minimum Gasteiger partial charge on any atom is -0.456 e. The Morgan fingerprint density at radius 3 is 2.38 bits per heavy atom. The van der Waals surface area contributed by atoms with Crippen molar-refractivity contribution < 1.29 is 23.4 Å². The zero-order valence-electron chi connectivity index (χ0n) is 21.1. The van der Waals surface area contributed by atoms with Crippen LogP contribution in [0.3, 0.4) is 0 Å². The molecule has 3 aromatic rings. The molecule has 6 nitrogen and oxygen atoms in total. The van der Waals surface area contributed by atoms with Crippen molar-refractivity contribution in [1.29, 1.82) is 0 Å². The highest BCUT2D eigenvalue weighted by Crippen LogP contribution is 2.23. The van der Waals surface area contributed by atoms with E-state index in [2.05, 4.69) is 11.1 Å². The normalized spacial score (nSPS) is 11.6. The molecule has 0 atom stereocenters. The number of nitrogens with zero attached hydrogens (tertiary/aromatic N) is 1. The van der Waals surface area contributed by atoms with Gasteiger partial charge < -0.3 is 18.6 Å². The third-order valence-corrected chi connectivity index (χ3v) is 5.19. The number of aromatic nitrogens is 1. The molecule has 3 rings (SSSR count). The standard InChI is InChI=1S/C28H35NO5/c1-19-10-7-12-22(16-19)26-29-24(21(3)33-26)18-32-15-9-14-31-17-23-13-8-11-20(2)25(23)27(30)34-28(4,5)6/h7-8,10-13,16H,9,14-15,17-18H2,1-6H3. The third kappa shape index (κ3) is 7.27. The van der Waals surface area contributed by atoms with Crippen molar-refractivity contribution in [3.05, 3.63) is 76.2 Å². The van der Waals surface area contributed by atoms with Gasteiger partial charge in [0.05, 0.1) is 18.8 Å². The van der Waals surface area contributed by atoms with Crippen molar-refractivity contribution in [3.8, 4) is 11.5 Å². The molecule has 0 saturated heterocycles. The first kappa shape index (κ1) is 25.7. The van der Waals surface area contributed by atoms with E-state index in [1.54, 1.807) is 0 Å². The number of ether oxygens (including phenoxy) is 3. The lowest BCUT2D eigenvalue weighted by molar-refractivity contribution is 0.00627. The number of oxazole rings is 1. The smallest absolute Gasteiger partial charge is 0.339 e. The summed E-state index contributed by atoms with van der Waals surface area (Å²) < 4.78 is 23.0. The summed E-state index contributed by atoms with van der Waals surface area (Å²) in [6, 6.07) is 13.8. The maximum Gasteiger partial charge on any atom is 0.339 e. The number of aryl methyl sites for hydroxylation is 3. The van der Waals surface area contributed by atoms with Crippen molar-refractivity contribution in [3.63, 3.8) is 0 Å². The molecule has 0 amide bonds. The van der Waals surface area contributed by atoms with E-state index in [4.69, 9.17) is 18.6 Å². The first-order valence-corrected chi connectivity index (χ1v) is 11.6. The fraction of sp³-hybridized carbons (Fsp3) is 0.429. The molecule has 1 heterocycles. The van der Waals surface area contributed by atoms with Crippen LogP contribution in [0.4, 0.5) is 0 Å². The third-order valence-electron chi connectivity index (χ3n) is 5.19. The lowest BCUT2D eigenvalue weighted by atomic mass is 10.0. The number of rotatable bonds is 10. The Balaban J connectivity index is 1.44. The zero-order valence-corrected chi connectivity index (χ0v) is 21.1. The van der Waals surface area contributed by atoms with Gasteiger partial charge in [-0.15, -0.1) is 0 Å². The van der Waals surface area contributed by atoms with Gasteiger partial charge in [0.2, 0.25) is 5.89 Å². The molecule has 0 spiro atoms. The molecule has 0 fully saturated rings. The monoisotopic (exact) mass is 465 g/mol. The van der Waals surface area contributed by atoms with Crippen LogP contribution in [-0.2, 0) is 27.4 Å². The molecule has 6 heteroatoms. The molecular formula is C28H35NO5. The van der Waals surface area contributed by atoms with Crippen LogP contribution in [0.15, 0.2) is 46.9 Å². The van der Waals surface area contributed by atoms with Crippen LogP contribution in [-0.4, -0.2) is 29.8 Å². The number of benzene rings is 2. The molecule has 34 heavy (non-hydrogen) atoms. The molecule has 0 aliphatic carbocycles. The van der Waals surface area contributed by atoms with Crippen LogP contribution in [0.25, 0.3) is 11.5 Å². The summed E-state index contributed by atoms with van der Waals surface area (Å²) in [5.41, 5.74) is 4.68. The van der Waals surface area contributed by atoms with Gasteiger partial charge >= 0.3 is 5.97 Å². The minimum atomic E-state index is -0.544. The Morgan fingerprint density at radius 1 is 0.971 bits per heavy atom. The quantitative estimate of drug-likeness (QED) is 0.257. The SMILES string of the molecule is Cc1cccc(-c2nc(COCCCOCc3cccc(C)c3C(=O)OC(C)(C)C)c(C)o2)c1. The molecule has 0 radical (unpaired) electrons. The highest BCUT2D eigenvalue weighted by Gasteiger charge is 2.22. The van der Waals surface area contributed by atoms with Crippen molar-refractivity contribution in [2.45, 2.75) is 66.8 Å². The van der Waals surface area contributed by atoms with Crippen molar-refractivity contribution in [1.82, 2.24) is 4.98 Å². The maximum absolute atomic E-state index is 12.6. The van der Waals surface area contributed by atoms with Gasteiger partial charge in [-0.25, -0.2) is 9.78 Å². The van der Waals surface area contributed by atoms with Gasteiger partial charge in [-0.3, -0.25) is 0 Å². The summed E-state index contributed by atoms with van der Waals surface area (Å²) in [5.74, 6) is 1.06. The largest absolute Gasteiger partial charge is 0.456 e. The minimum absolute atomic E-state index is 0.319. The first-order valence-electron chi connectivity index (χ1n) is 11.6. The van der Waals surface area contributed by atoms with Crippen molar-refractivity contribution in [2.75, 3.05) is 13.2 Å². The van der Waals surface area contributed by atoms with Crippen LogP contribution in [0.1, 0.15) is 65.7 Å². The molecule has 0 aliphatic heterocycles. The molecule has 0 aliphatic rings. The van der Waals surface area contributed by atoms with E-state index in [0.29, 0.717) is 37.9 Å². The summed E-state index contributed by atoms with van der Waals surface area (Å²) in [7, 11) is 0. The van der Waals surface area contributed by atoms with Crippen molar-refractivity contribution in [2.24, 2.45) is 0 Å². The van der Waals surface area contributed by atoms with E-state index in [-0.39, 0.29) is 5.97 Å². The summed E-state index contributed by atoms with van der Waals surface area (Å²) >= 11 is 0. The van der Waals surface area contributed by atoms with E-state index in [1.807, 2.05) is 77.9 Å². The van der Waals surface area contributed by atoms with Gasteiger partial charge in [0.25, 0.3) is 0 Å². The Morgan fingerprint density at radius 2 is 1.68 bits per heavy atom. The summed E-state index contributed by atoms with van der Waals surface area (Å²) in [4.78, 5) is 17.2. The summed E-state index contributed by atoms with van der Waals surface area (Å²) in [6.07, 6.45) is 0.731. The highest BCUT2D eigenvalue weighted by molar-refractivity contribution is 5.93. The van der Waals surface area contributed by atoms with Gasteiger partial charge in [-0.2, -0.15) is 0 Å². The van der Waals surface area contributed by atoms with Crippen LogP contribution in [0, 0.1) is 20.8 Å². The van der Waals surface area contributed by atoms with Crippen LogP contribution in [0.2, 0.25) is 0 Å². The molecule has 2 aromatic carbocycles. The Labute approximate surface area is 202 Å². The van der Waals surface area contributed by atoms with Gasteiger partial charge in [0, 0.05) is 18.8 Å². The molecule has 1 aromatic heterocycles. The van der Waals surface area contributed by atoms with Crippen LogP contribution < -0.4 is 0 Å². The van der Waals surface area contributed by atoms with E-state index < -0.39 is 5.60 Å². The van der Waals surface area contributed by atoms with Gasteiger partial charge in [-0.05, 0) is 71.2 Å². The molecular weight excluding hydrogens is 430 g/mol. The number of hydrogen-bond acceptors (Lipinski definition) is 6. The van der Waals surface area contributed by atoms with Gasteiger partial charge in [0.15, 0.2) is 0 Å². The predicted molar refractivity (Wildman–Crippen MR) is 132 cm³/mol. The maximum atomic E-state index is 12.6. The molecule has 0 bridgehead atoms. The number of hydrogen-bond donors (Lipinski definition) is 0. The topological polar surface area (TPSA) is 70.8 Å². The van der Waals surface area contributed by atoms with E-state index in [0.717, 1.165) is 40.1 Å². The van der Waals surface area contributed by atoms with E-state index >= 15 is 0 Å². The Bertz CT molecular complexity index is 1110. The summed E-state index contributed by atoms with van der Waals surface area (Å²) in [5, 5.41) is 0. The number of carbonyl (C=O) groups is 1. The molecule has 0 unspecified atom stereocenters. The Kier molecular flexibility index (Phi) is 8.64. The second kappa shape index (κ2) is 11.4. The van der Waals surface area contributed by atoms with Gasteiger partial charge in [0.1, 0.15) is 17.1 Å². The molecule has 182 valence electrons. The molecule has 0 saturated carbocycles. The molecule has 0 N–H and O–H groups in total. The van der Waals surface area contributed by atoms with Gasteiger partial charge in [-0.1, -0.05) is 35.9 Å². The van der Waals surface area contributed by atoms with E-state index in [9.17, 15) is 4.79 Å². The highest BCUT2D eigenvalue weighted by atomic mass is 16.6. The predicted octanol–water partition coefficient (Wildman–Crippen LogP) is 6.35. The zero-order chi connectivity index (χ0) is 24.7. The van der Waals surface area contributed by atoms with Crippen LogP contribution >= 0.6 is 0 Å². The lowest BCUT2D eigenvalue weighted by Crippen LogP contribution is -2.25. The van der Waals surface area contributed by atoms with Crippen LogP contribution in [0.5, 0.6) is 0 Å². The second-order valence-electron chi connectivity index (χ2n) is 9.46. The number of carbonyl (C=O) groups excluding carboxylic acids is 1. The average molecular weight is 466 g/mol. The Hall–Kier alpha value is -2.96. The van der Waals surface area contributed by atoms with Crippen molar-refractivity contribution >= 4 is 5.97 Å². The summed E-state index contributed by atoms with van der Waals surface area (Å²) in [6.45, 7) is 13.2.